The van der Waals surface area contributed by atoms with Crippen LogP contribution in [0.2, 0.25) is 0 Å². The van der Waals surface area contributed by atoms with Crippen LogP contribution in [0.15, 0.2) is 51.9 Å². The molecule has 0 saturated heterocycles. The topological polar surface area (TPSA) is 159 Å². The number of hydrogen-bond donors (Lipinski definition) is 1. The molecule has 1 heterocycles. The van der Waals surface area contributed by atoms with Crippen LogP contribution in [0.5, 0.6) is 0 Å². The molecule has 11 nitrogen and oxygen atoms in total. The fraction of sp³-hybridized carbons (Fsp3) is 0.333. The number of benzene rings is 1. The zero-order valence-corrected chi connectivity index (χ0v) is 15.9. The number of nitrogens with zero attached hydrogens (tertiary/aromatic N) is 5. The smallest absolute Gasteiger partial charge is 0.333 e. The van der Waals surface area contributed by atoms with Crippen molar-refractivity contribution in [1.82, 2.24) is 0 Å². The van der Waals surface area contributed by atoms with Gasteiger partial charge in [0, 0.05) is 47.0 Å². The number of carboxylic acid groups (broad SMARTS) is 1. The molecule has 0 radical (unpaired) electrons. The van der Waals surface area contributed by atoms with Crippen molar-refractivity contribution in [2.75, 3.05) is 24.7 Å². The Kier molecular flexibility index (Phi) is 7.07. The van der Waals surface area contributed by atoms with Gasteiger partial charge in [-0.2, -0.15) is 0 Å². The van der Waals surface area contributed by atoms with Crippen LogP contribution in [0.4, 0.5) is 11.4 Å². The van der Waals surface area contributed by atoms with E-state index in [-0.39, 0.29) is 43.2 Å². The summed E-state index contributed by atoms with van der Waals surface area (Å²) >= 11 is 0. The predicted octanol–water partition coefficient (Wildman–Crippen LogP) is 3.33. The number of anilines is 1. The van der Waals surface area contributed by atoms with Gasteiger partial charge in [0.15, 0.2) is 5.78 Å². The predicted molar refractivity (Wildman–Crippen MR) is 103 cm³/mol. The van der Waals surface area contributed by atoms with Crippen LogP contribution in [-0.4, -0.2) is 41.5 Å². The van der Waals surface area contributed by atoms with Gasteiger partial charge < -0.3 is 14.7 Å². The lowest BCUT2D eigenvalue weighted by atomic mass is 9.93. The summed E-state index contributed by atoms with van der Waals surface area (Å²) in [6, 6.07) is 5.55. The van der Waals surface area contributed by atoms with E-state index in [1.807, 2.05) is 0 Å². The van der Waals surface area contributed by atoms with Crippen LogP contribution in [0.25, 0.3) is 10.4 Å². The van der Waals surface area contributed by atoms with Gasteiger partial charge in [-0.15, -0.1) is 0 Å². The van der Waals surface area contributed by atoms with E-state index in [0.29, 0.717) is 22.7 Å². The van der Waals surface area contributed by atoms with Crippen LogP contribution >= 0.6 is 0 Å². The standard InChI is InChI=1S/C18H19N5O6/c1-11-15(12(2)24)9-16(18(25)26)17(10-29-8-7-20-21-19)22(11)13-3-5-14(6-4-13)23(27)28/h3-6H,7-10H2,1-2H3,(H,25,26). The van der Waals surface area contributed by atoms with E-state index in [4.69, 9.17) is 10.3 Å². The van der Waals surface area contributed by atoms with E-state index in [1.165, 1.54) is 31.2 Å². The number of rotatable bonds is 9. The maximum Gasteiger partial charge on any atom is 0.333 e. The Hall–Kier alpha value is -3.69. The van der Waals surface area contributed by atoms with Crippen molar-refractivity contribution < 1.29 is 24.4 Å². The van der Waals surface area contributed by atoms with Crippen molar-refractivity contribution in [3.05, 3.63) is 67.4 Å². The molecule has 1 N–H and O–H groups in total. The number of carboxylic acids is 1. The van der Waals surface area contributed by atoms with E-state index in [2.05, 4.69) is 10.0 Å². The van der Waals surface area contributed by atoms with E-state index >= 15 is 0 Å². The Morgan fingerprint density at radius 2 is 2.00 bits per heavy atom. The van der Waals surface area contributed by atoms with Crippen molar-refractivity contribution >= 4 is 23.1 Å². The molecule has 0 amide bonds. The van der Waals surface area contributed by atoms with Crippen molar-refractivity contribution in [2.24, 2.45) is 5.11 Å². The molecule has 0 unspecified atom stereocenters. The molecule has 1 aromatic rings. The summed E-state index contributed by atoms with van der Waals surface area (Å²) < 4.78 is 5.47. The lowest BCUT2D eigenvalue weighted by Gasteiger charge is -2.34. The highest BCUT2D eigenvalue weighted by Crippen LogP contribution is 2.36. The first-order valence-electron chi connectivity index (χ1n) is 8.57. The number of ether oxygens (including phenoxy) is 1. The fourth-order valence-electron chi connectivity index (χ4n) is 3.00. The molecule has 0 atom stereocenters. The fourth-order valence-corrected chi connectivity index (χ4v) is 3.00. The lowest BCUT2D eigenvalue weighted by Crippen LogP contribution is -2.33. The van der Waals surface area contributed by atoms with Gasteiger partial charge >= 0.3 is 5.97 Å². The van der Waals surface area contributed by atoms with Gasteiger partial charge in [0.05, 0.1) is 29.4 Å². The highest BCUT2D eigenvalue weighted by Gasteiger charge is 2.31. The Bertz CT molecular complexity index is 944. The minimum Gasteiger partial charge on any atom is -0.478 e. The molecule has 0 spiro atoms. The van der Waals surface area contributed by atoms with Gasteiger partial charge in [0.25, 0.3) is 5.69 Å². The summed E-state index contributed by atoms with van der Waals surface area (Å²) in [4.78, 5) is 38.5. The number of non-ortho nitro benzene ring substituents is 1. The lowest BCUT2D eigenvalue weighted by molar-refractivity contribution is -0.384. The SMILES string of the molecule is CC(=O)C1=C(C)N(c2ccc([N+](=O)[O-])cc2)C(COCCN=[N+]=[N-])=C(C(=O)O)C1. The Balaban J connectivity index is 2.51. The van der Waals surface area contributed by atoms with Crippen molar-refractivity contribution in [3.8, 4) is 0 Å². The summed E-state index contributed by atoms with van der Waals surface area (Å²) in [5, 5.41) is 24.0. The second-order valence-electron chi connectivity index (χ2n) is 6.14. The van der Waals surface area contributed by atoms with Gasteiger partial charge in [-0.05, 0) is 31.5 Å². The quantitative estimate of drug-likeness (QED) is 0.166. The third-order valence-electron chi connectivity index (χ3n) is 4.38. The molecule has 0 bridgehead atoms. The van der Waals surface area contributed by atoms with Gasteiger partial charge in [-0.3, -0.25) is 14.9 Å². The molecule has 0 aromatic heterocycles. The molecule has 1 aromatic carbocycles. The van der Waals surface area contributed by atoms with E-state index < -0.39 is 10.9 Å². The zero-order chi connectivity index (χ0) is 21.6. The van der Waals surface area contributed by atoms with Gasteiger partial charge in [-0.25, -0.2) is 4.79 Å². The minimum atomic E-state index is -1.20. The third-order valence-corrected chi connectivity index (χ3v) is 4.38. The largest absolute Gasteiger partial charge is 0.478 e. The van der Waals surface area contributed by atoms with E-state index in [0.717, 1.165) is 0 Å². The van der Waals surface area contributed by atoms with Crippen LogP contribution < -0.4 is 4.90 Å². The number of nitro groups is 1. The van der Waals surface area contributed by atoms with Crippen molar-refractivity contribution in [1.29, 1.82) is 0 Å². The number of allylic oxidation sites excluding steroid dienone is 2. The van der Waals surface area contributed by atoms with Crippen LogP contribution in [0.3, 0.4) is 0 Å². The Morgan fingerprint density at radius 1 is 1.34 bits per heavy atom. The number of aliphatic carboxylic acids is 1. The molecule has 0 fully saturated rings. The van der Waals surface area contributed by atoms with Crippen molar-refractivity contribution in [3.63, 3.8) is 0 Å². The molecule has 0 saturated carbocycles. The van der Waals surface area contributed by atoms with Crippen LogP contribution in [0, 0.1) is 10.1 Å². The first kappa shape index (κ1) is 21.6. The van der Waals surface area contributed by atoms with Gasteiger partial charge in [0.1, 0.15) is 0 Å². The number of nitro benzene ring substituents is 1. The molecule has 152 valence electrons. The molecule has 0 aliphatic carbocycles. The average molecular weight is 401 g/mol. The molecule has 11 heteroatoms. The third kappa shape index (κ3) is 4.98. The number of carbonyl (C=O) groups is 2. The second-order valence-corrected chi connectivity index (χ2v) is 6.14. The summed E-state index contributed by atoms with van der Waals surface area (Å²) in [6.07, 6.45) is -0.0605. The summed E-state index contributed by atoms with van der Waals surface area (Å²) in [5.74, 6) is -1.46. The Labute approximate surface area is 165 Å². The van der Waals surface area contributed by atoms with Gasteiger partial charge in [0.2, 0.25) is 0 Å². The molecule has 1 aliphatic rings. The maximum absolute atomic E-state index is 12.1. The second kappa shape index (κ2) is 9.49. The average Bonchev–Trinajstić information content (AvgIpc) is 2.67. The molecule has 1 aliphatic heterocycles. The summed E-state index contributed by atoms with van der Waals surface area (Å²) in [7, 11) is 0. The number of ketones is 1. The first-order valence-corrected chi connectivity index (χ1v) is 8.57. The summed E-state index contributed by atoms with van der Waals surface area (Å²) in [5.41, 5.74) is 9.80. The molecule has 2 rings (SSSR count). The van der Waals surface area contributed by atoms with Crippen LogP contribution in [0.1, 0.15) is 20.3 Å². The highest BCUT2D eigenvalue weighted by molar-refractivity contribution is 6.00. The monoisotopic (exact) mass is 401 g/mol. The Morgan fingerprint density at radius 3 is 2.52 bits per heavy atom. The van der Waals surface area contributed by atoms with Crippen LogP contribution in [-0.2, 0) is 14.3 Å². The normalized spacial score (nSPS) is 13.9. The summed E-state index contributed by atoms with van der Waals surface area (Å²) in [6.45, 7) is 3.08. The van der Waals surface area contributed by atoms with E-state index in [1.54, 1.807) is 11.8 Å². The number of Topliss-reactive ketones (excluding diaryl/α,β-unsaturated/α-hetero) is 1. The maximum atomic E-state index is 12.1. The molecule has 29 heavy (non-hydrogen) atoms. The van der Waals surface area contributed by atoms with Gasteiger partial charge in [-0.1, -0.05) is 5.11 Å². The number of hydrogen-bond acceptors (Lipinski definition) is 7. The molecular weight excluding hydrogens is 382 g/mol. The van der Waals surface area contributed by atoms with E-state index in [9.17, 15) is 24.8 Å². The minimum absolute atomic E-state index is 0.0112. The zero-order valence-electron chi connectivity index (χ0n) is 15.9. The highest BCUT2D eigenvalue weighted by atomic mass is 16.6. The molecular formula is C18H19N5O6. The van der Waals surface area contributed by atoms with Crippen molar-refractivity contribution in [2.45, 2.75) is 20.3 Å². The number of azide groups is 1. The first-order chi connectivity index (χ1) is 13.8. The number of carbonyl (C=O) groups excluding carboxylic acids is 1.